The van der Waals surface area contributed by atoms with Crippen LogP contribution in [0.4, 0.5) is 0 Å². The zero-order valence-corrected chi connectivity index (χ0v) is 13.1. The van der Waals surface area contributed by atoms with E-state index in [2.05, 4.69) is 39.8 Å². The summed E-state index contributed by atoms with van der Waals surface area (Å²) in [7, 11) is 0. The molecule has 0 aliphatic carbocycles. The second-order valence-corrected chi connectivity index (χ2v) is 6.01. The van der Waals surface area contributed by atoms with E-state index in [1.54, 1.807) is 0 Å². The normalized spacial score (nSPS) is 12.7. The Morgan fingerprint density at radius 1 is 0.944 bits per heavy atom. The molecule has 0 bridgehead atoms. The number of alkyl halides is 1. The summed E-state index contributed by atoms with van der Waals surface area (Å²) in [6.07, 6.45) is 7.69. The van der Waals surface area contributed by atoms with Crippen LogP contribution in [0.2, 0.25) is 0 Å². The first-order valence-electron chi connectivity index (χ1n) is 7.28. The second-order valence-electron chi connectivity index (χ2n) is 5.48. The van der Waals surface area contributed by atoms with Crippen molar-refractivity contribution in [2.24, 2.45) is 0 Å². The van der Waals surface area contributed by atoms with Crippen LogP contribution in [-0.4, -0.2) is 0 Å². The third-order valence-corrected chi connectivity index (χ3v) is 4.05. The average Bonchev–Trinajstić information content (AvgIpc) is 2.27. The van der Waals surface area contributed by atoms with Gasteiger partial charge in [0.05, 0.1) is 5.38 Å². The molecule has 0 aromatic heterocycles. The van der Waals surface area contributed by atoms with Crippen LogP contribution in [0.25, 0.3) is 0 Å². The Bertz CT molecular complexity index is 345. The highest BCUT2D eigenvalue weighted by Gasteiger charge is 2.13. The molecule has 0 N–H and O–H groups in total. The number of halogens is 1. The van der Waals surface area contributed by atoms with Gasteiger partial charge in [-0.3, -0.25) is 0 Å². The van der Waals surface area contributed by atoms with Crippen LogP contribution in [0.3, 0.4) is 0 Å². The zero-order chi connectivity index (χ0) is 13.5. The van der Waals surface area contributed by atoms with Crippen LogP contribution >= 0.6 is 11.6 Å². The van der Waals surface area contributed by atoms with Crippen LogP contribution in [0.15, 0.2) is 12.1 Å². The molecule has 1 unspecified atom stereocenters. The van der Waals surface area contributed by atoms with Gasteiger partial charge in [0, 0.05) is 0 Å². The van der Waals surface area contributed by atoms with Crippen molar-refractivity contribution in [1.29, 1.82) is 0 Å². The Labute approximate surface area is 118 Å². The lowest BCUT2D eigenvalue weighted by Crippen LogP contribution is -1.99. The van der Waals surface area contributed by atoms with E-state index < -0.39 is 0 Å². The molecule has 18 heavy (non-hydrogen) atoms. The summed E-state index contributed by atoms with van der Waals surface area (Å²) >= 11 is 6.58. The van der Waals surface area contributed by atoms with Crippen molar-refractivity contribution in [2.45, 2.75) is 71.6 Å². The van der Waals surface area contributed by atoms with Crippen molar-refractivity contribution in [2.75, 3.05) is 0 Å². The quantitative estimate of drug-likeness (QED) is 0.404. The Balaban J connectivity index is 2.53. The summed E-state index contributed by atoms with van der Waals surface area (Å²) < 4.78 is 0. The van der Waals surface area contributed by atoms with E-state index in [-0.39, 0.29) is 5.38 Å². The second kappa shape index (κ2) is 7.84. The number of hydrogen-bond acceptors (Lipinski definition) is 0. The summed E-state index contributed by atoms with van der Waals surface area (Å²) in [6, 6.07) is 4.49. The van der Waals surface area contributed by atoms with Gasteiger partial charge in [-0.15, -0.1) is 11.6 Å². The standard InChI is InChI=1S/C17H27Cl/c1-5-6-7-8-9-10-16(18)17-14(3)11-13(2)12-15(17)4/h11-12,16H,5-10H2,1-4H3. The molecule has 1 rings (SSSR count). The minimum atomic E-state index is 0.187. The molecular formula is C17H27Cl. The van der Waals surface area contributed by atoms with Crippen LogP contribution in [0.5, 0.6) is 0 Å². The summed E-state index contributed by atoms with van der Waals surface area (Å²) in [5.74, 6) is 0. The topological polar surface area (TPSA) is 0 Å². The van der Waals surface area contributed by atoms with Crippen LogP contribution in [0, 0.1) is 20.8 Å². The fraction of sp³-hybridized carbons (Fsp3) is 0.647. The highest BCUT2D eigenvalue weighted by atomic mass is 35.5. The number of unbranched alkanes of at least 4 members (excludes halogenated alkanes) is 4. The van der Waals surface area contributed by atoms with Gasteiger partial charge in [0.2, 0.25) is 0 Å². The molecular weight excluding hydrogens is 240 g/mol. The minimum Gasteiger partial charge on any atom is -0.118 e. The van der Waals surface area contributed by atoms with Gasteiger partial charge in [0.15, 0.2) is 0 Å². The van der Waals surface area contributed by atoms with Crippen molar-refractivity contribution < 1.29 is 0 Å². The van der Waals surface area contributed by atoms with E-state index in [9.17, 15) is 0 Å². The van der Waals surface area contributed by atoms with Crippen molar-refractivity contribution in [3.63, 3.8) is 0 Å². The van der Waals surface area contributed by atoms with E-state index in [1.807, 2.05) is 0 Å². The molecule has 0 aliphatic rings. The molecule has 1 heteroatoms. The first-order valence-corrected chi connectivity index (χ1v) is 7.71. The van der Waals surface area contributed by atoms with Crippen LogP contribution < -0.4 is 0 Å². The van der Waals surface area contributed by atoms with Crippen molar-refractivity contribution in [3.8, 4) is 0 Å². The fourth-order valence-corrected chi connectivity index (χ4v) is 3.26. The van der Waals surface area contributed by atoms with Crippen LogP contribution in [-0.2, 0) is 0 Å². The number of hydrogen-bond donors (Lipinski definition) is 0. The van der Waals surface area contributed by atoms with Gasteiger partial charge in [-0.25, -0.2) is 0 Å². The molecule has 1 atom stereocenters. The molecule has 1 aromatic rings. The monoisotopic (exact) mass is 266 g/mol. The fourth-order valence-electron chi connectivity index (χ4n) is 2.76. The van der Waals surface area contributed by atoms with E-state index in [0.717, 1.165) is 6.42 Å². The van der Waals surface area contributed by atoms with Gasteiger partial charge in [0.25, 0.3) is 0 Å². The maximum atomic E-state index is 6.58. The smallest absolute Gasteiger partial charge is 0.0590 e. The molecule has 0 fully saturated rings. The maximum Gasteiger partial charge on any atom is 0.0590 e. The molecule has 0 saturated heterocycles. The highest BCUT2D eigenvalue weighted by Crippen LogP contribution is 2.32. The number of rotatable bonds is 7. The number of aryl methyl sites for hydroxylation is 3. The van der Waals surface area contributed by atoms with Gasteiger partial charge in [-0.2, -0.15) is 0 Å². The Hall–Kier alpha value is -0.490. The van der Waals surface area contributed by atoms with Gasteiger partial charge in [-0.1, -0.05) is 56.7 Å². The van der Waals surface area contributed by atoms with E-state index in [0.29, 0.717) is 0 Å². The summed E-state index contributed by atoms with van der Waals surface area (Å²) in [5, 5.41) is 0.187. The maximum absolute atomic E-state index is 6.58. The largest absolute Gasteiger partial charge is 0.118 e. The van der Waals surface area contributed by atoms with Gasteiger partial charge >= 0.3 is 0 Å². The van der Waals surface area contributed by atoms with Gasteiger partial charge in [-0.05, 0) is 43.9 Å². The molecule has 0 amide bonds. The molecule has 0 aliphatic heterocycles. The van der Waals surface area contributed by atoms with Crippen LogP contribution in [0.1, 0.15) is 73.1 Å². The molecule has 0 nitrogen and oxygen atoms in total. The lowest BCUT2D eigenvalue weighted by molar-refractivity contribution is 0.600. The Morgan fingerprint density at radius 2 is 1.50 bits per heavy atom. The Morgan fingerprint density at radius 3 is 2.06 bits per heavy atom. The zero-order valence-electron chi connectivity index (χ0n) is 12.4. The molecule has 0 radical (unpaired) electrons. The third-order valence-electron chi connectivity index (χ3n) is 3.61. The predicted octanol–water partition coefficient (Wildman–Crippen LogP) is 6.25. The molecule has 0 spiro atoms. The SMILES string of the molecule is CCCCCCCC(Cl)c1c(C)cc(C)cc1C. The van der Waals surface area contributed by atoms with E-state index in [4.69, 9.17) is 11.6 Å². The third kappa shape index (κ3) is 4.65. The summed E-state index contributed by atoms with van der Waals surface area (Å²) in [4.78, 5) is 0. The molecule has 1 aromatic carbocycles. The lowest BCUT2D eigenvalue weighted by atomic mass is 9.94. The van der Waals surface area contributed by atoms with Gasteiger partial charge in [0.1, 0.15) is 0 Å². The molecule has 102 valence electrons. The summed E-state index contributed by atoms with van der Waals surface area (Å²) in [5.41, 5.74) is 5.39. The lowest BCUT2D eigenvalue weighted by Gasteiger charge is -2.16. The summed E-state index contributed by atoms with van der Waals surface area (Å²) in [6.45, 7) is 8.77. The average molecular weight is 267 g/mol. The highest BCUT2D eigenvalue weighted by molar-refractivity contribution is 6.21. The molecule has 0 saturated carbocycles. The minimum absolute atomic E-state index is 0.187. The van der Waals surface area contributed by atoms with Crippen molar-refractivity contribution >= 4 is 11.6 Å². The number of benzene rings is 1. The first-order chi connectivity index (χ1) is 8.56. The predicted molar refractivity (Wildman–Crippen MR) is 82.6 cm³/mol. The van der Waals surface area contributed by atoms with Gasteiger partial charge < -0.3 is 0 Å². The Kier molecular flexibility index (Phi) is 6.78. The molecule has 0 heterocycles. The van der Waals surface area contributed by atoms with E-state index in [1.165, 1.54) is 54.4 Å². The van der Waals surface area contributed by atoms with Crippen molar-refractivity contribution in [3.05, 3.63) is 34.4 Å². The van der Waals surface area contributed by atoms with E-state index >= 15 is 0 Å². The first kappa shape index (κ1) is 15.6. The van der Waals surface area contributed by atoms with Crippen molar-refractivity contribution in [1.82, 2.24) is 0 Å².